The van der Waals surface area contributed by atoms with Crippen LogP contribution in [0.4, 0.5) is 0 Å². The first-order chi connectivity index (χ1) is 8.29. The molecular weight excluding hydrogens is 278 g/mol. The lowest BCUT2D eigenvalue weighted by molar-refractivity contribution is 0.358. The Bertz CT molecular complexity index is 361. The molecule has 0 spiro atoms. The lowest BCUT2D eigenvalue weighted by atomic mass is 9.93. The predicted octanol–water partition coefficient (Wildman–Crippen LogP) is 3.39. The lowest BCUT2D eigenvalue weighted by Crippen LogP contribution is -2.29. The minimum absolute atomic E-state index is 0.852. The van der Waals surface area contributed by atoms with E-state index < -0.39 is 0 Å². The zero-order valence-corrected chi connectivity index (χ0v) is 11.9. The van der Waals surface area contributed by atoms with Gasteiger partial charge in [-0.1, -0.05) is 6.07 Å². The van der Waals surface area contributed by atoms with Crippen molar-refractivity contribution in [3.63, 3.8) is 0 Å². The fourth-order valence-electron chi connectivity index (χ4n) is 2.41. The van der Waals surface area contributed by atoms with Crippen LogP contribution in [0.5, 0.6) is 5.75 Å². The van der Waals surface area contributed by atoms with Gasteiger partial charge in [0.25, 0.3) is 0 Å². The molecule has 0 aromatic heterocycles. The number of ether oxygens (including phenoxy) is 1. The average Bonchev–Trinajstić information content (AvgIpc) is 2.38. The van der Waals surface area contributed by atoms with Crippen LogP contribution in [0.25, 0.3) is 0 Å². The minimum Gasteiger partial charge on any atom is -0.496 e. The van der Waals surface area contributed by atoms with Gasteiger partial charge in [-0.2, -0.15) is 0 Å². The second kappa shape index (κ2) is 6.41. The normalized spacial score (nSPS) is 20.2. The van der Waals surface area contributed by atoms with E-state index in [9.17, 15) is 0 Å². The summed E-state index contributed by atoms with van der Waals surface area (Å²) in [7, 11) is 1.70. The predicted molar refractivity (Wildman–Crippen MR) is 74.6 cm³/mol. The molecule has 0 amide bonds. The highest BCUT2D eigenvalue weighted by molar-refractivity contribution is 9.10. The van der Waals surface area contributed by atoms with Crippen molar-refractivity contribution >= 4 is 15.9 Å². The Labute approximate surface area is 112 Å². The van der Waals surface area contributed by atoms with Crippen LogP contribution in [0, 0.1) is 5.92 Å². The summed E-state index contributed by atoms with van der Waals surface area (Å²) in [6, 6.07) is 6.38. The fourth-order valence-corrected chi connectivity index (χ4v) is 2.99. The van der Waals surface area contributed by atoms with E-state index >= 15 is 0 Å². The van der Waals surface area contributed by atoms with E-state index in [4.69, 9.17) is 4.74 Å². The maximum absolute atomic E-state index is 5.24. The smallest absolute Gasteiger partial charge is 0.133 e. The number of hydrogen-bond donors (Lipinski definition) is 1. The van der Waals surface area contributed by atoms with Gasteiger partial charge in [-0.15, -0.1) is 0 Å². The van der Waals surface area contributed by atoms with E-state index in [1.54, 1.807) is 7.11 Å². The number of halogens is 1. The van der Waals surface area contributed by atoms with E-state index in [0.717, 1.165) is 22.6 Å². The number of benzene rings is 1. The summed E-state index contributed by atoms with van der Waals surface area (Å²) in [5, 5.41) is 3.47. The Morgan fingerprint density at radius 2 is 2.35 bits per heavy atom. The molecule has 2 rings (SSSR count). The van der Waals surface area contributed by atoms with Crippen molar-refractivity contribution in [2.75, 3.05) is 20.2 Å². The molecule has 1 aromatic carbocycles. The topological polar surface area (TPSA) is 21.3 Å². The SMILES string of the molecule is COc1ccc(CCC2CCCNC2)cc1Br. The van der Waals surface area contributed by atoms with Gasteiger partial charge >= 0.3 is 0 Å². The van der Waals surface area contributed by atoms with Gasteiger partial charge in [-0.05, 0) is 78.3 Å². The molecule has 1 unspecified atom stereocenters. The molecule has 1 N–H and O–H groups in total. The first kappa shape index (κ1) is 12.9. The molecule has 1 heterocycles. The summed E-state index contributed by atoms with van der Waals surface area (Å²) in [5.41, 5.74) is 1.39. The highest BCUT2D eigenvalue weighted by Crippen LogP contribution is 2.27. The van der Waals surface area contributed by atoms with Crippen molar-refractivity contribution in [2.24, 2.45) is 5.92 Å². The average molecular weight is 298 g/mol. The van der Waals surface area contributed by atoms with Crippen molar-refractivity contribution in [1.82, 2.24) is 5.32 Å². The van der Waals surface area contributed by atoms with Gasteiger partial charge in [0, 0.05) is 0 Å². The summed E-state index contributed by atoms with van der Waals surface area (Å²) < 4.78 is 6.29. The number of methoxy groups -OCH3 is 1. The van der Waals surface area contributed by atoms with Crippen molar-refractivity contribution in [2.45, 2.75) is 25.7 Å². The van der Waals surface area contributed by atoms with Crippen molar-refractivity contribution in [3.05, 3.63) is 28.2 Å². The number of hydrogen-bond acceptors (Lipinski definition) is 2. The van der Waals surface area contributed by atoms with Crippen LogP contribution in [0.1, 0.15) is 24.8 Å². The summed E-state index contributed by atoms with van der Waals surface area (Å²) in [6.45, 7) is 2.39. The van der Waals surface area contributed by atoms with Crippen LogP contribution in [0.3, 0.4) is 0 Å². The van der Waals surface area contributed by atoms with Crippen molar-refractivity contribution in [3.8, 4) is 5.75 Å². The highest BCUT2D eigenvalue weighted by atomic mass is 79.9. The van der Waals surface area contributed by atoms with E-state index in [1.165, 1.54) is 37.9 Å². The van der Waals surface area contributed by atoms with Gasteiger partial charge in [0.15, 0.2) is 0 Å². The van der Waals surface area contributed by atoms with Gasteiger partial charge in [0.1, 0.15) is 5.75 Å². The van der Waals surface area contributed by atoms with Crippen LogP contribution in [-0.2, 0) is 6.42 Å². The molecule has 0 bridgehead atoms. The van der Waals surface area contributed by atoms with Gasteiger partial charge in [-0.25, -0.2) is 0 Å². The lowest BCUT2D eigenvalue weighted by Gasteiger charge is -2.22. The molecule has 94 valence electrons. The van der Waals surface area contributed by atoms with Crippen LogP contribution in [0.2, 0.25) is 0 Å². The van der Waals surface area contributed by atoms with E-state index in [1.807, 2.05) is 6.07 Å². The van der Waals surface area contributed by atoms with Crippen molar-refractivity contribution < 1.29 is 4.74 Å². The van der Waals surface area contributed by atoms with Crippen LogP contribution in [0.15, 0.2) is 22.7 Å². The Balaban J connectivity index is 1.87. The zero-order chi connectivity index (χ0) is 12.1. The monoisotopic (exact) mass is 297 g/mol. The van der Waals surface area contributed by atoms with E-state index in [0.29, 0.717) is 0 Å². The highest BCUT2D eigenvalue weighted by Gasteiger charge is 2.12. The molecule has 1 aromatic rings. The molecular formula is C14H20BrNO. The maximum atomic E-state index is 5.24. The zero-order valence-electron chi connectivity index (χ0n) is 10.3. The van der Waals surface area contributed by atoms with Gasteiger partial charge in [0.05, 0.1) is 11.6 Å². The largest absolute Gasteiger partial charge is 0.496 e. The third-order valence-electron chi connectivity index (χ3n) is 3.46. The summed E-state index contributed by atoms with van der Waals surface area (Å²) in [6.07, 6.45) is 5.15. The van der Waals surface area contributed by atoms with Gasteiger partial charge in [-0.3, -0.25) is 0 Å². The van der Waals surface area contributed by atoms with E-state index in [-0.39, 0.29) is 0 Å². The third-order valence-corrected chi connectivity index (χ3v) is 4.08. The number of aryl methyl sites for hydroxylation is 1. The molecule has 1 fully saturated rings. The van der Waals surface area contributed by atoms with E-state index in [2.05, 4.69) is 33.4 Å². The Morgan fingerprint density at radius 3 is 3.00 bits per heavy atom. The molecule has 1 aliphatic heterocycles. The van der Waals surface area contributed by atoms with Crippen molar-refractivity contribution in [1.29, 1.82) is 0 Å². The number of rotatable bonds is 4. The van der Waals surface area contributed by atoms with Crippen LogP contribution >= 0.6 is 15.9 Å². The number of nitrogens with one attached hydrogen (secondary N) is 1. The molecule has 1 aliphatic rings. The first-order valence-corrected chi connectivity index (χ1v) is 7.12. The second-order valence-electron chi connectivity index (χ2n) is 4.72. The van der Waals surface area contributed by atoms with Gasteiger partial charge < -0.3 is 10.1 Å². The first-order valence-electron chi connectivity index (χ1n) is 6.32. The second-order valence-corrected chi connectivity index (χ2v) is 5.57. The maximum Gasteiger partial charge on any atom is 0.133 e. The molecule has 0 saturated carbocycles. The summed E-state index contributed by atoms with van der Waals surface area (Å²) >= 11 is 3.54. The Morgan fingerprint density at radius 1 is 1.47 bits per heavy atom. The standard InChI is InChI=1S/C14H20BrNO/c1-17-14-7-6-11(9-13(14)15)4-5-12-3-2-8-16-10-12/h6-7,9,12,16H,2-5,8,10H2,1H3. The van der Waals surface area contributed by atoms with Crippen LogP contribution in [-0.4, -0.2) is 20.2 Å². The molecule has 0 aliphatic carbocycles. The quantitative estimate of drug-likeness (QED) is 0.920. The Kier molecular flexibility index (Phi) is 4.86. The summed E-state index contributed by atoms with van der Waals surface area (Å²) in [4.78, 5) is 0. The number of piperidine rings is 1. The third kappa shape index (κ3) is 3.71. The molecule has 1 saturated heterocycles. The fraction of sp³-hybridized carbons (Fsp3) is 0.571. The van der Waals surface area contributed by atoms with Gasteiger partial charge in [0.2, 0.25) is 0 Å². The summed E-state index contributed by atoms with van der Waals surface area (Å²) in [5.74, 6) is 1.76. The molecule has 3 heteroatoms. The Hall–Kier alpha value is -0.540. The molecule has 2 nitrogen and oxygen atoms in total. The molecule has 1 atom stereocenters. The molecule has 17 heavy (non-hydrogen) atoms. The minimum atomic E-state index is 0.852. The van der Waals surface area contributed by atoms with Crippen LogP contribution < -0.4 is 10.1 Å². The molecule has 0 radical (unpaired) electrons.